The number of carboxylic acid groups (broad SMARTS) is 1. The Kier molecular flexibility index (Phi) is 8.77. The third-order valence-electron chi connectivity index (χ3n) is 2.51. The van der Waals surface area contributed by atoms with Crippen LogP contribution in [0.2, 0.25) is 0 Å². The average molecular weight is 291 g/mol. The number of urea groups is 1. The fraction of sp³-hybridized carbons (Fsp3) is 0.727. The molecular weight excluding hydrogens is 270 g/mol. The molecule has 0 radical (unpaired) electrons. The number of carbonyl (C=O) groups excluding carboxylic acids is 2. The second kappa shape index (κ2) is 9.48. The second-order valence-corrected chi connectivity index (χ2v) is 4.95. The highest BCUT2D eigenvalue weighted by Gasteiger charge is 2.21. The van der Waals surface area contributed by atoms with Gasteiger partial charge in [0.1, 0.15) is 6.04 Å². The van der Waals surface area contributed by atoms with Gasteiger partial charge >= 0.3 is 12.0 Å². The van der Waals surface area contributed by atoms with Gasteiger partial charge in [0.2, 0.25) is 5.91 Å². The summed E-state index contributed by atoms with van der Waals surface area (Å²) in [5.41, 5.74) is 0. The van der Waals surface area contributed by atoms with Gasteiger partial charge in [0.15, 0.2) is 0 Å². The lowest BCUT2D eigenvalue weighted by Crippen LogP contribution is -2.47. The number of carbonyl (C=O) groups is 3. The van der Waals surface area contributed by atoms with Crippen LogP contribution >= 0.6 is 11.8 Å². The van der Waals surface area contributed by atoms with Crippen LogP contribution in [0.25, 0.3) is 0 Å². The molecule has 0 saturated heterocycles. The molecule has 0 rings (SSSR count). The summed E-state index contributed by atoms with van der Waals surface area (Å²) in [6.07, 6.45) is 2.42. The van der Waals surface area contributed by atoms with Gasteiger partial charge in [-0.05, 0) is 18.4 Å². The van der Waals surface area contributed by atoms with Crippen LogP contribution in [0.15, 0.2) is 0 Å². The normalized spacial score (nSPS) is 11.5. The van der Waals surface area contributed by atoms with Gasteiger partial charge in [0.25, 0.3) is 0 Å². The number of carboxylic acids is 1. The monoisotopic (exact) mass is 291 g/mol. The summed E-state index contributed by atoms with van der Waals surface area (Å²) in [5.74, 6) is -0.571. The Balaban J connectivity index is 4.23. The van der Waals surface area contributed by atoms with E-state index in [1.165, 1.54) is 30.8 Å². The van der Waals surface area contributed by atoms with Crippen LogP contribution in [0.1, 0.15) is 12.8 Å². The Bertz CT molecular complexity index is 325. The molecule has 1 atom stereocenters. The Hall–Kier alpha value is -1.44. The molecule has 0 aliphatic rings. The first-order valence-corrected chi connectivity index (χ1v) is 7.25. The van der Waals surface area contributed by atoms with E-state index in [1.54, 1.807) is 0 Å². The molecule has 0 saturated carbocycles. The standard InChI is InChI=1S/C11H21N3O4S/c1-12-9(15)4-6-14(2)11(18)13-8(10(16)17)5-7-19-3/h8H,4-7H2,1-3H3,(H,12,15)(H,13,18)(H,16,17)/t8-/m1/s1. The molecule has 19 heavy (non-hydrogen) atoms. The van der Waals surface area contributed by atoms with E-state index in [4.69, 9.17) is 5.11 Å². The zero-order chi connectivity index (χ0) is 14.8. The third kappa shape index (κ3) is 7.55. The van der Waals surface area contributed by atoms with E-state index < -0.39 is 18.0 Å². The first kappa shape index (κ1) is 17.6. The van der Waals surface area contributed by atoms with Gasteiger partial charge in [0.05, 0.1) is 0 Å². The van der Waals surface area contributed by atoms with Crippen LogP contribution in [-0.2, 0) is 9.59 Å². The van der Waals surface area contributed by atoms with Gasteiger partial charge < -0.3 is 20.6 Å². The van der Waals surface area contributed by atoms with Crippen LogP contribution in [0.4, 0.5) is 4.79 Å². The van der Waals surface area contributed by atoms with Crippen LogP contribution in [-0.4, -0.2) is 66.6 Å². The molecule has 0 fully saturated rings. The number of aliphatic carboxylic acids is 1. The molecule has 0 aromatic carbocycles. The summed E-state index contributed by atoms with van der Waals surface area (Å²) in [6, 6.07) is -1.39. The Morgan fingerprint density at radius 1 is 1.37 bits per heavy atom. The van der Waals surface area contributed by atoms with E-state index in [1.807, 2.05) is 6.26 Å². The van der Waals surface area contributed by atoms with E-state index in [2.05, 4.69) is 10.6 Å². The molecule has 0 bridgehead atoms. The fourth-order valence-electron chi connectivity index (χ4n) is 1.25. The van der Waals surface area contributed by atoms with Gasteiger partial charge in [-0.2, -0.15) is 11.8 Å². The van der Waals surface area contributed by atoms with Crippen molar-refractivity contribution in [1.82, 2.24) is 15.5 Å². The lowest BCUT2D eigenvalue weighted by Gasteiger charge is -2.21. The van der Waals surface area contributed by atoms with Gasteiger partial charge in [-0.15, -0.1) is 0 Å². The number of nitrogens with one attached hydrogen (secondary N) is 2. The second-order valence-electron chi connectivity index (χ2n) is 3.97. The number of nitrogens with zero attached hydrogens (tertiary/aromatic N) is 1. The molecule has 0 heterocycles. The molecule has 7 nitrogen and oxygen atoms in total. The maximum absolute atomic E-state index is 11.7. The molecule has 3 amide bonds. The minimum atomic E-state index is -1.05. The molecule has 8 heteroatoms. The van der Waals surface area contributed by atoms with Crippen molar-refractivity contribution in [2.75, 3.05) is 32.6 Å². The minimum Gasteiger partial charge on any atom is -0.480 e. The summed E-state index contributed by atoms with van der Waals surface area (Å²) in [5, 5.41) is 13.9. The predicted molar refractivity (Wildman–Crippen MR) is 74.3 cm³/mol. The molecular formula is C11H21N3O4S. The highest BCUT2D eigenvalue weighted by atomic mass is 32.2. The molecule has 3 N–H and O–H groups in total. The zero-order valence-corrected chi connectivity index (χ0v) is 12.2. The van der Waals surface area contributed by atoms with Crippen LogP contribution in [0.3, 0.4) is 0 Å². The van der Waals surface area contributed by atoms with Crippen LogP contribution in [0.5, 0.6) is 0 Å². The van der Waals surface area contributed by atoms with Gasteiger partial charge in [-0.1, -0.05) is 0 Å². The van der Waals surface area contributed by atoms with Crippen molar-refractivity contribution < 1.29 is 19.5 Å². The van der Waals surface area contributed by atoms with Crippen molar-refractivity contribution in [3.63, 3.8) is 0 Å². The molecule has 0 aliphatic heterocycles. The summed E-state index contributed by atoms with van der Waals surface area (Å²) < 4.78 is 0. The predicted octanol–water partition coefficient (Wildman–Crippen LogP) is -0.0298. The highest BCUT2D eigenvalue weighted by molar-refractivity contribution is 7.98. The van der Waals surface area contributed by atoms with Gasteiger partial charge in [-0.3, -0.25) is 4.79 Å². The summed E-state index contributed by atoms with van der Waals surface area (Å²) in [4.78, 5) is 35.0. The number of hydrogen-bond donors (Lipinski definition) is 3. The first-order valence-electron chi connectivity index (χ1n) is 5.86. The van der Waals surface area contributed by atoms with Crippen LogP contribution < -0.4 is 10.6 Å². The van der Waals surface area contributed by atoms with Gasteiger partial charge in [0, 0.05) is 27.1 Å². The van der Waals surface area contributed by atoms with E-state index in [9.17, 15) is 14.4 Å². The topological polar surface area (TPSA) is 98.7 Å². The fourth-order valence-corrected chi connectivity index (χ4v) is 1.72. The summed E-state index contributed by atoms with van der Waals surface area (Å²) >= 11 is 1.52. The molecule has 0 unspecified atom stereocenters. The molecule has 0 aromatic heterocycles. The van der Waals surface area contributed by atoms with Crippen molar-refractivity contribution in [3.8, 4) is 0 Å². The zero-order valence-electron chi connectivity index (χ0n) is 11.4. The van der Waals surface area contributed by atoms with E-state index in [0.717, 1.165) is 0 Å². The number of hydrogen-bond acceptors (Lipinski definition) is 4. The van der Waals surface area contributed by atoms with Crippen molar-refractivity contribution in [3.05, 3.63) is 0 Å². The number of rotatable bonds is 8. The van der Waals surface area contributed by atoms with Crippen molar-refractivity contribution in [2.24, 2.45) is 0 Å². The largest absolute Gasteiger partial charge is 0.480 e. The molecule has 0 aliphatic carbocycles. The molecule has 0 aromatic rings. The van der Waals surface area contributed by atoms with Crippen LogP contribution in [0, 0.1) is 0 Å². The average Bonchev–Trinajstić information content (AvgIpc) is 2.39. The quantitative estimate of drug-likeness (QED) is 0.583. The van der Waals surface area contributed by atoms with E-state index >= 15 is 0 Å². The number of amides is 3. The number of thioether (sulfide) groups is 1. The third-order valence-corrected chi connectivity index (χ3v) is 3.15. The van der Waals surface area contributed by atoms with Crippen molar-refractivity contribution >= 4 is 29.7 Å². The molecule has 0 spiro atoms. The SMILES string of the molecule is CNC(=O)CCN(C)C(=O)N[C@H](CCSC)C(=O)O. The highest BCUT2D eigenvalue weighted by Crippen LogP contribution is 2.02. The Labute approximate surface area is 117 Å². The van der Waals surface area contributed by atoms with Gasteiger partial charge in [-0.25, -0.2) is 9.59 Å². The summed E-state index contributed by atoms with van der Waals surface area (Å²) in [6.45, 7) is 0.236. The molecule has 110 valence electrons. The first-order chi connectivity index (χ1) is 8.92. The van der Waals surface area contributed by atoms with Crippen molar-refractivity contribution in [2.45, 2.75) is 18.9 Å². The van der Waals surface area contributed by atoms with E-state index in [0.29, 0.717) is 12.2 Å². The minimum absolute atomic E-state index is 0.170. The van der Waals surface area contributed by atoms with Crippen molar-refractivity contribution in [1.29, 1.82) is 0 Å². The Morgan fingerprint density at radius 2 is 2.00 bits per heavy atom. The lowest BCUT2D eigenvalue weighted by atomic mass is 10.2. The lowest BCUT2D eigenvalue weighted by molar-refractivity contribution is -0.139. The summed E-state index contributed by atoms with van der Waals surface area (Å²) in [7, 11) is 3.04. The maximum Gasteiger partial charge on any atom is 0.326 e. The Morgan fingerprint density at radius 3 is 2.47 bits per heavy atom. The van der Waals surface area contributed by atoms with E-state index in [-0.39, 0.29) is 18.9 Å². The smallest absolute Gasteiger partial charge is 0.326 e. The maximum atomic E-state index is 11.7.